The van der Waals surface area contributed by atoms with Gasteiger partial charge in [-0.15, -0.1) is 6.42 Å². The van der Waals surface area contributed by atoms with Gasteiger partial charge in [0.1, 0.15) is 0 Å². The molecule has 0 saturated carbocycles. The summed E-state index contributed by atoms with van der Waals surface area (Å²) in [6.45, 7) is 10.3. The second-order valence-corrected chi connectivity index (χ2v) is 5.85. The number of hydrogen-bond acceptors (Lipinski definition) is 4. The van der Waals surface area contributed by atoms with Gasteiger partial charge in [0.05, 0.1) is 6.54 Å². The van der Waals surface area contributed by atoms with E-state index >= 15 is 0 Å². The van der Waals surface area contributed by atoms with Crippen molar-refractivity contribution in [3.05, 3.63) is 0 Å². The molecule has 0 atom stereocenters. The van der Waals surface area contributed by atoms with Crippen LogP contribution in [0.25, 0.3) is 0 Å². The Bertz CT molecular complexity index is 283. The molecule has 0 aromatic carbocycles. The molecule has 0 radical (unpaired) electrons. The molecule has 2 saturated heterocycles. The minimum atomic E-state index is 0.696. The Hall–Kier alpha value is -0.600. The van der Waals surface area contributed by atoms with Crippen molar-refractivity contribution >= 4 is 0 Å². The van der Waals surface area contributed by atoms with Crippen molar-refractivity contribution in [1.82, 2.24) is 20.0 Å². The van der Waals surface area contributed by atoms with E-state index in [0.29, 0.717) is 6.04 Å². The largest absolute Gasteiger partial charge is 0.313 e. The van der Waals surface area contributed by atoms with Gasteiger partial charge >= 0.3 is 0 Å². The van der Waals surface area contributed by atoms with E-state index in [1.54, 1.807) is 0 Å². The lowest BCUT2D eigenvalue weighted by atomic mass is 10.1. The van der Waals surface area contributed by atoms with Crippen LogP contribution in [-0.4, -0.2) is 86.7 Å². The summed E-state index contributed by atoms with van der Waals surface area (Å²) in [7, 11) is 2.21. The summed E-state index contributed by atoms with van der Waals surface area (Å²) in [5, 5.41) is 3.71. The second kappa shape index (κ2) is 7.86. The Morgan fingerprint density at radius 3 is 2.37 bits per heavy atom. The van der Waals surface area contributed by atoms with Gasteiger partial charge in [-0.05, 0) is 19.9 Å². The fourth-order valence-electron chi connectivity index (χ4n) is 2.92. The number of piperazine rings is 1. The normalized spacial score (nSPS) is 24.4. The maximum Gasteiger partial charge on any atom is 0.0598 e. The minimum Gasteiger partial charge on any atom is -0.313 e. The highest BCUT2D eigenvalue weighted by molar-refractivity contribution is 4.90. The van der Waals surface area contributed by atoms with Crippen molar-refractivity contribution in [2.75, 3.05) is 66.0 Å². The molecule has 19 heavy (non-hydrogen) atoms. The van der Waals surface area contributed by atoms with E-state index in [1.165, 1.54) is 45.6 Å². The van der Waals surface area contributed by atoms with Crippen molar-refractivity contribution in [2.45, 2.75) is 18.9 Å². The molecule has 108 valence electrons. The topological polar surface area (TPSA) is 21.8 Å². The molecule has 0 aromatic heterocycles. The van der Waals surface area contributed by atoms with Gasteiger partial charge in [-0.1, -0.05) is 5.92 Å². The van der Waals surface area contributed by atoms with Crippen LogP contribution in [0.4, 0.5) is 0 Å². The smallest absolute Gasteiger partial charge is 0.0598 e. The molecule has 0 unspecified atom stereocenters. The Labute approximate surface area is 118 Å². The molecule has 1 N–H and O–H groups in total. The van der Waals surface area contributed by atoms with Crippen LogP contribution in [0.5, 0.6) is 0 Å². The lowest BCUT2D eigenvalue weighted by molar-refractivity contribution is 0.150. The van der Waals surface area contributed by atoms with Crippen LogP contribution in [-0.2, 0) is 0 Å². The first-order valence-corrected chi connectivity index (χ1v) is 7.58. The fourth-order valence-corrected chi connectivity index (χ4v) is 2.92. The third-order valence-electron chi connectivity index (χ3n) is 4.36. The Balaban J connectivity index is 1.53. The van der Waals surface area contributed by atoms with Crippen LogP contribution in [0.15, 0.2) is 0 Å². The number of nitrogens with zero attached hydrogens (tertiary/aromatic N) is 3. The maximum atomic E-state index is 5.35. The molecule has 4 heteroatoms. The van der Waals surface area contributed by atoms with E-state index in [-0.39, 0.29) is 0 Å². The van der Waals surface area contributed by atoms with Gasteiger partial charge in [0.25, 0.3) is 0 Å². The molecule has 0 spiro atoms. The number of terminal acetylenes is 1. The van der Waals surface area contributed by atoms with Gasteiger partial charge in [0.15, 0.2) is 0 Å². The fraction of sp³-hybridized carbons (Fsp3) is 0.867. The molecular formula is C15H28N4. The van der Waals surface area contributed by atoms with E-state index in [9.17, 15) is 0 Å². The van der Waals surface area contributed by atoms with Crippen LogP contribution in [0.2, 0.25) is 0 Å². The number of nitrogens with one attached hydrogen (secondary N) is 1. The van der Waals surface area contributed by atoms with Crippen LogP contribution in [0, 0.1) is 12.3 Å². The van der Waals surface area contributed by atoms with Gasteiger partial charge in [0, 0.05) is 58.4 Å². The molecule has 2 heterocycles. The molecule has 0 amide bonds. The minimum absolute atomic E-state index is 0.696. The summed E-state index contributed by atoms with van der Waals surface area (Å²) in [6, 6.07) is 0.696. The summed E-state index contributed by atoms with van der Waals surface area (Å²) in [4.78, 5) is 7.35. The van der Waals surface area contributed by atoms with Crippen LogP contribution < -0.4 is 5.32 Å². The third kappa shape index (κ3) is 5.12. The van der Waals surface area contributed by atoms with Crippen molar-refractivity contribution in [3.8, 4) is 12.3 Å². The maximum absolute atomic E-state index is 5.35. The lowest BCUT2D eigenvalue weighted by Gasteiger charge is -2.34. The first-order valence-electron chi connectivity index (χ1n) is 7.58. The molecule has 0 aromatic rings. The highest BCUT2D eigenvalue weighted by Crippen LogP contribution is 2.09. The zero-order valence-electron chi connectivity index (χ0n) is 12.3. The van der Waals surface area contributed by atoms with E-state index in [2.05, 4.69) is 33.0 Å². The summed E-state index contributed by atoms with van der Waals surface area (Å²) in [5.41, 5.74) is 0. The molecule has 2 aliphatic rings. The van der Waals surface area contributed by atoms with Crippen LogP contribution in [0.3, 0.4) is 0 Å². The molecule has 0 aliphatic carbocycles. The van der Waals surface area contributed by atoms with Gasteiger partial charge < -0.3 is 10.2 Å². The zero-order valence-corrected chi connectivity index (χ0v) is 12.3. The van der Waals surface area contributed by atoms with E-state index in [1.807, 2.05) is 0 Å². The summed E-state index contributed by atoms with van der Waals surface area (Å²) in [5.74, 6) is 2.74. The zero-order chi connectivity index (χ0) is 13.5. The molecule has 2 fully saturated rings. The number of likely N-dealkylation sites (N-methyl/N-ethyl adjacent to an activating group) is 1. The number of hydrogen-bond donors (Lipinski definition) is 1. The van der Waals surface area contributed by atoms with Crippen LogP contribution in [0.1, 0.15) is 12.8 Å². The standard InChI is InChI=1S/C15H28N4/c1-3-7-18-8-4-15(5-9-18)16-6-10-19-13-11-17(2)12-14-19/h1,15-16H,4-14H2,2H3. The van der Waals surface area contributed by atoms with Crippen molar-refractivity contribution in [1.29, 1.82) is 0 Å². The Kier molecular flexibility index (Phi) is 6.12. The first-order chi connectivity index (χ1) is 9.28. The quantitative estimate of drug-likeness (QED) is 0.701. The lowest BCUT2D eigenvalue weighted by Crippen LogP contribution is -2.48. The van der Waals surface area contributed by atoms with Gasteiger partial charge in [-0.3, -0.25) is 9.80 Å². The molecule has 2 aliphatic heterocycles. The predicted octanol–water partition coefficient (Wildman–Crippen LogP) is -0.0790. The molecule has 0 bridgehead atoms. The molecule has 2 rings (SSSR count). The average molecular weight is 264 g/mol. The number of rotatable bonds is 5. The Morgan fingerprint density at radius 2 is 1.74 bits per heavy atom. The van der Waals surface area contributed by atoms with E-state index in [0.717, 1.165) is 26.2 Å². The third-order valence-corrected chi connectivity index (χ3v) is 4.36. The number of likely N-dealkylation sites (tertiary alicyclic amines) is 1. The highest BCUT2D eigenvalue weighted by atomic mass is 15.2. The van der Waals surface area contributed by atoms with Gasteiger partial charge in [-0.2, -0.15) is 0 Å². The molecular weight excluding hydrogens is 236 g/mol. The predicted molar refractivity (Wildman–Crippen MR) is 80.2 cm³/mol. The van der Waals surface area contributed by atoms with Crippen molar-refractivity contribution in [2.24, 2.45) is 0 Å². The summed E-state index contributed by atoms with van der Waals surface area (Å²) < 4.78 is 0. The van der Waals surface area contributed by atoms with Gasteiger partial charge in [-0.25, -0.2) is 0 Å². The SMILES string of the molecule is C#CCN1CCC(NCCN2CCN(C)CC2)CC1. The highest BCUT2D eigenvalue weighted by Gasteiger charge is 2.18. The van der Waals surface area contributed by atoms with Crippen molar-refractivity contribution in [3.63, 3.8) is 0 Å². The Morgan fingerprint density at radius 1 is 1.05 bits per heavy atom. The average Bonchev–Trinajstić information content (AvgIpc) is 2.43. The second-order valence-electron chi connectivity index (χ2n) is 5.85. The monoisotopic (exact) mass is 264 g/mol. The van der Waals surface area contributed by atoms with E-state index in [4.69, 9.17) is 6.42 Å². The summed E-state index contributed by atoms with van der Waals surface area (Å²) in [6.07, 6.45) is 7.83. The summed E-state index contributed by atoms with van der Waals surface area (Å²) >= 11 is 0. The van der Waals surface area contributed by atoms with Crippen molar-refractivity contribution < 1.29 is 0 Å². The molecule has 4 nitrogen and oxygen atoms in total. The van der Waals surface area contributed by atoms with Crippen LogP contribution >= 0.6 is 0 Å². The first kappa shape index (κ1) is 14.8. The van der Waals surface area contributed by atoms with Gasteiger partial charge in [0.2, 0.25) is 0 Å². The number of piperidine rings is 1. The van der Waals surface area contributed by atoms with E-state index < -0.39 is 0 Å².